The summed E-state index contributed by atoms with van der Waals surface area (Å²) in [6, 6.07) is 0.267. The minimum absolute atomic E-state index is 0.111. The summed E-state index contributed by atoms with van der Waals surface area (Å²) in [5.41, 5.74) is 6.07. The highest BCUT2D eigenvalue weighted by Gasteiger charge is 2.22. The number of amides is 1. The molecule has 0 radical (unpaired) electrons. The third-order valence-corrected chi connectivity index (χ3v) is 5.92. The number of hydrogen-bond donors (Lipinski definition) is 5. The van der Waals surface area contributed by atoms with E-state index in [2.05, 4.69) is 5.32 Å². The molecule has 28 heavy (non-hydrogen) atoms. The highest BCUT2D eigenvalue weighted by molar-refractivity contribution is 5.76. The zero-order chi connectivity index (χ0) is 20.6. The maximum absolute atomic E-state index is 12.0. The molecule has 0 aliphatic heterocycles. The van der Waals surface area contributed by atoms with E-state index >= 15 is 0 Å². The Bertz CT molecular complexity index is 395. The van der Waals surface area contributed by atoms with Gasteiger partial charge in [0.25, 0.3) is 0 Å². The molecular formula is C22H44N2O4. The Kier molecular flexibility index (Phi) is 14.6. The maximum Gasteiger partial charge on any atom is 0.220 e. The molecule has 166 valence electrons. The predicted octanol–water partition coefficient (Wildman–Crippen LogP) is 2.77. The Morgan fingerprint density at radius 2 is 1.39 bits per heavy atom. The van der Waals surface area contributed by atoms with E-state index in [9.17, 15) is 15.0 Å². The number of rotatable bonds is 16. The van der Waals surface area contributed by atoms with Gasteiger partial charge in [0.15, 0.2) is 0 Å². The fourth-order valence-electron chi connectivity index (χ4n) is 3.99. The summed E-state index contributed by atoms with van der Waals surface area (Å²) in [5.74, 6) is 0.125. The Morgan fingerprint density at radius 1 is 0.857 bits per heavy atom. The molecule has 1 amide bonds. The summed E-state index contributed by atoms with van der Waals surface area (Å²) >= 11 is 0. The van der Waals surface area contributed by atoms with Crippen LogP contribution in [0.15, 0.2) is 0 Å². The van der Waals surface area contributed by atoms with Gasteiger partial charge in [0, 0.05) is 25.1 Å². The average Bonchev–Trinajstić information content (AvgIpc) is 2.68. The second-order valence-corrected chi connectivity index (χ2v) is 8.49. The summed E-state index contributed by atoms with van der Waals surface area (Å²) in [7, 11) is 0. The largest absolute Gasteiger partial charge is 0.396 e. The molecule has 1 rings (SSSR count). The number of carbonyl (C=O) groups excluding carboxylic acids is 1. The highest BCUT2D eigenvalue weighted by atomic mass is 16.3. The predicted molar refractivity (Wildman–Crippen MR) is 113 cm³/mol. The van der Waals surface area contributed by atoms with Gasteiger partial charge in [0.05, 0.1) is 12.2 Å². The van der Waals surface area contributed by atoms with Crippen LogP contribution in [0.4, 0.5) is 0 Å². The number of hydrogen-bond acceptors (Lipinski definition) is 5. The molecule has 1 saturated carbocycles. The van der Waals surface area contributed by atoms with Crippen LogP contribution in [0.2, 0.25) is 0 Å². The second kappa shape index (κ2) is 16.1. The van der Waals surface area contributed by atoms with Gasteiger partial charge < -0.3 is 26.4 Å². The van der Waals surface area contributed by atoms with Gasteiger partial charge in [-0.25, -0.2) is 0 Å². The molecule has 0 bridgehead atoms. The van der Waals surface area contributed by atoms with E-state index in [-0.39, 0.29) is 24.6 Å². The van der Waals surface area contributed by atoms with Crippen molar-refractivity contribution in [1.82, 2.24) is 5.32 Å². The molecule has 1 aliphatic rings. The van der Waals surface area contributed by atoms with Crippen LogP contribution >= 0.6 is 0 Å². The molecule has 6 heteroatoms. The summed E-state index contributed by atoms with van der Waals surface area (Å²) in [6.07, 6.45) is 13.5. The second-order valence-electron chi connectivity index (χ2n) is 8.49. The van der Waals surface area contributed by atoms with Crippen LogP contribution in [0.1, 0.15) is 103 Å². The SMILES string of the molecule is N[C@H]1CCCC[C@@H]1NC(=O)CCCCCCCC(O)C(O)CCCCCCO. The number of nitrogens with one attached hydrogen (secondary N) is 1. The van der Waals surface area contributed by atoms with E-state index in [0.717, 1.165) is 77.0 Å². The number of nitrogens with two attached hydrogens (primary N) is 1. The fourth-order valence-corrected chi connectivity index (χ4v) is 3.99. The van der Waals surface area contributed by atoms with Crippen molar-refractivity contribution in [3.8, 4) is 0 Å². The van der Waals surface area contributed by atoms with Crippen LogP contribution in [-0.2, 0) is 4.79 Å². The molecule has 0 saturated heterocycles. The van der Waals surface area contributed by atoms with Crippen molar-refractivity contribution >= 4 is 5.91 Å². The normalized spacial score (nSPS) is 22.0. The molecule has 0 aromatic carbocycles. The van der Waals surface area contributed by atoms with Gasteiger partial charge in [0.1, 0.15) is 0 Å². The lowest BCUT2D eigenvalue weighted by atomic mass is 9.91. The summed E-state index contributed by atoms with van der Waals surface area (Å²) in [4.78, 5) is 12.0. The Morgan fingerprint density at radius 3 is 2.00 bits per heavy atom. The molecule has 0 aromatic heterocycles. The number of carbonyl (C=O) groups is 1. The van der Waals surface area contributed by atoms with Gasteiger partial charge in [-0.3, -0.25) is 4.79 Å². The van der Waals surface area contributed by atoms with Crippen molar-refractivity contribution < 1.29 is 20.1 Å². The molecule has 6 nitrogen and oxygen atoms in total. The van der Waals surface area contributed by atoms with Crippen molar-refractivity contribution in [3.05, 3.63) is 0 Å². The summed E-state index contributed by atoms with van der Waals surface area (Å²) in [5, 5.41) is 31.8. The molecule has 0 heterocycles. The van der Waals surface area contributed by atoms with Crippen LogP contribution < -0.4 is 11.1 Å². The monoisotopic (exact) mass is 400 g/mol. The number of aliphatic hydroxyl groups is 3. The quantitative estimate of drug-likeness (QED) is 0.256. The molecule has 0 aromatic rings. The van der Waals surface area contributed by atoms with Crippen LogP contribution in [0.25, 0.3) is 0 Å². The first-order chi connectivity index (χ1) is 13.5. The first kappa shape index (κ1) is 25.3. The van der Waals surface area contributed by atoms with Crippen LogP contribution in [-0.4, -0.2) is 52.1 Å². The van der Waals surface area contributed by atoms with Crippen LogP contribution in [0.3, 0.4) is 0 Å². The molecule has 1 aliphatic carbocycles. The topological polar surface area (TPSA) is 116 Å². The van der Waals surface area contributed by atoms with Gasteiger partial charge in [-0.1, -0.05) is 57.8 Å². The number of aliphatic hydroxyl groups excluding tert-OH is 3. The maximum atomic E-state index is 12.0. The first-order valence-electron chi connectivity index (χ1n) is 11.6. The van der Waals surface area contributed by atoms with E-state index in [1.54, 1.807) is 0 Å². The molecule has 1 fully saturated rings. The van der Waals surface area contributed by atoms with Crippen LogP contribution in [0, 0.1) is 0 Å². The highest BCUT2D eigenvalue weighted by Crippen LogP contribution is 2.17. The molecule has 2 unspecified atom stereocenters. The number of unbranched alkanes of at least 4 members (excludes halogenated alkanes) is 7. The van der Waals surface area contributed by atoms with Crippen LogP contribution in [0.5, 0.6) is 0 Å². The van der Waals surface area contributed by atoms with E-state index in [1.807, 2.05) is 0 Å². The molecule has 6 N–H and O–H groups in total. The van der Waals surface area contributed by atoms with Crippen molar-refractivity contribution in [1.29, 1.82) is 0 Å². The average molecular weight is 401 g/mol. The Labute approximate surface area is 171 Å². The Hall–Kier alpha value is -0.690. The molecule has 4 atom stereocenters. The van der Waals surface area contributed by atoms with Gasteiger partial charge in [-0.2, -0.15) is 0 Å². The van der Waals surface area contributed by atoms with Crippen molar-refractivity contribution in [2.75, 3.05) is 6.61 Å². The summed E-state index contributed by atoms with van der Waals surface area (Å²) < 4.78 is 0. The van der Waals surface area contributed by atoms with Crippen molar-refractivity contribution in [3.63, 3.8) is 0 Å². The van der Waals surface area contributed by atoms with E-state index in [4.69, 9.17) is 10.8 Å². The molecular weight excluding hydrogens is 356 g/mol. The Balaban J connectivity index is 1.94. The van der Waals surface area contributed by atoms with Gasteiger partial charge in [-0.15, -0.1) is 0 Å². The van der Waals surface area contributed by atoms with Gasteiger partial charge >= 0.3 is 0 Å². The third kappa shape index (κ3) is 12.0. The van der Waals surface area contributed by atoms with Gasteiger partial charge in [-0.05, 0) is 38.5 Å². The van der Waals surface area contributed by atoms with Gasteiger partial charge in [0.2, 0.25) is 5.91 Å². The zero-order valence-corrected chi connectivity index (χ0v) is 17.7. The fraction of sp³-hybridized carbons (Fsp3) is 0.955. The lowest BCUT2D eigenvalue weighted by molar-refractivity contribution is -0.122. The smallest absolute Gasteiger partial charge is 0.220 e. The van der Waals surface area contributed by atoms with E-state index < -0.39 is 12.2 Å². The van der Waals surface area contributed by atoms with Crippen molar-refractivity contribution in [2.24, 2.45) is 5.73 Å². The van der Waals surface area contributed by atoms with Crippen molar-refractivity contribution in [2.45, 2.75) is 127 Å². The summed E-state index contributed by atoms with van der Waals surface area (Å²) in [6.45, 7) is 0.227. The van der Waals surface area contributed by atoms with E-state index in [0.29, 0.717) is 19.3 Å². The first-order valence-corrected chi connectivity index (χ1v) is 11.6. The standard InChI is InChI=1S/C22H44N2O4/c23-18-12-9-10-13-19(18)24-22(28)16-8-3-1-2-6-14-20(26)21(27)15-7-4-5-11-17-25/h18-21,25-27H,1-17,23H2,(H,24,28)/t18-,19-,20?,21?/m0/s1. The molecule has 0 spiro atoms. The minimum Gasteiger partial charge on any atom is -0.396 e. The van der Waals surface area contributed by atoms with E-state index in [1.165, 1.54) is 6.42 Å². The third-order valence-electron chi connectivity index (χ3n) is 5.92. The lowest BCUT2D eigenvalue weighted by Crippen LogP contribution is -2.49. The minimum atomic E-state index is -0.636. The zero-order valence-electron chi connectivity index (χ0n) is 17.7. The lowest BCUT2D eigenvalue weighted by Gasteiger charge is -2.29.